The van der Waals surface area contributed by atoms with E-state index in [1.165, 1.54) is 0 Å². The van der Waals surface area contributed by atoms with E-state index in [0.717, 1.165) is 18.4 Å². The van der Waals surface area contributed by atoms with Crippen LogP contribution in [0.1, 0.15) is 28.8 Å². The molecule has 3 nitrogen and oxygen atoms in total. The average Bonchev–Trinajstić information content (AvgIpc) is 3.10. The van der Waals surface area contributed by atoms with Crippen LogP contribution in [-0.4, -0.2) is 18.2 Å². The number of benzene rings is 1. The number of Topliss-reactive ketones (excluding diaryl/α,β-unsaturated/α-hetero) is 1. The van der Waals surface area contributed by atoms with Gasteiger partial charge in [-0.25, -0.2) is 0 Å². The molecule has 0 aliphatic heterocycles. The zero-order valence-electron chi connectivity index (χ0n) is 9.32. The SMILES string of the molecule is Cc1ccc(C(=O)CNC(=O)C2CC2)cc1. The number of aryl methyl sites for hydroxylation is 1. The Morgan fingerprint density at radius 1 is 1.25 bits per heavy atom. The van der Waals surface area contributed by atoms with E-state index in [1.54, 1.807) is 12.1 Å². The lowest BCUT2D eigenvalue weighted by Gasteiger charge is -2.03. The molecule has 1 N–H and O–H groups in total. The van der Waals surface area contributed by atoms with Crippen LogP contribution in [-0.2, 0) is 4.79 Å². The van der Waals surface area contributed by atoms with Gasteiger partial charge in [0.1, 0.15) is 0 Å². The van der Waals surface area contributed by atoms with E-state index in [9.17, 15) is 9.59 Å². The number of carbonyl (C=O) groups excluding carboxylic acids is 2. The quantitative estimate of drug-likeness (QED) is 0.780. The summed E-state index contributed by atoms with van der Waals surface area (Å²) in [6, 6.07) is 7.38. The molecule has 0 spiro atoms. The predicted octanol–water partition coefficient (Wildman–Crippen LogP) is 1.70. The van der Waals surface area contributed by atoms with Crippen LogP contribution in [0.2, 0.25) is 0 Å². The standard InChI is InChI=1S/C13H15NO2/c1-9-2-4-10(5-3-9)12(15)8-14-13(16)11-6-7-11/h2-5,11H,6-8H2,1H3,(H,14,16). The summed E-state index contributed by atoms with van der Waals surface area (Å²) in [6.07, 6.45) is 1.93. The molecule has 1 saturated carbocycles. The first-order chi connectivity index (χ1) is 7.66. The Morgan fingerprint density at radius 2 is 1.88 bits per heavy atom. The van der Waals surface area contributed by atoms with Gasteiger partial charge in [0.2, 0.25) is 5.91 Å². The molecule has 3 heteroatoms. The highest BCUT2D eigenvalue weighted by molar-refractivity contribution is 5.99. The van der Waals surface area contributed by atoms with Crippen molar-refractivity contribution in [1.82, 2.24) is 5.32 Å². The molecule has 0 heterocycles. The van der Waals surface area contributed by atoms with Gasteiger partial charge in [0.25, 0.3) is 0 Å². The summed E-state index contributed by atoms with van der Waals surface area (Å²) < 4.78 is 0. The summed E-state index contributed by atoms with van der Waals surface area (Å²) in [5, 5.41) is 2.67. The molecule has 0 aromatic heterocycles. The molecule has 0 unspecified atom stereocenters. The van der Waals surface area contributed by atoms with Crippen LogP contribution in [0.15, 0.2) is 24.3 Å². The summed E-state index contributed by atoms with van der Waals surface area (Å²) in [5.41, 5.74) is 1.78. The molecule has 0 radical (unpaired) electrons. The number of nitrogens with one attached hydrogen (secondary N) is 1. The van der Waals surface area contributed by atoms with Crippen LogP contribution in [0.4, 0.5) is 0 Å². The van der Waals surface area contributed by atoms with Crippen molar-refractivity contribution in [3.8, 4) is 0 Å². The molecule has 84 valence electrons. The summed E-state index contributed by atoms with van der Waals surface area (Å²) in [4.78, 5) is 23.0. The number of carbonyl (C=O) groups is 2. The van der Waals surface area contributed by atoms with Gasteiger partial charge in [0.15, 0.2) is 5.78 Å². The summed E-state index contributed by atoms with van der Waals surface area (Å²) in [6.45, 7) is 2.08. The zero-order chi connectivity index (χ0) is 11.5. The molecule has 1 aliphatic carbocycles. The third kappa shape index (κ3) is 2.69. The number of ketones is 1. The first-order valence-corrected chi connectivity index (χ1v) is 5.54. The van der Waals surface area contributed by atoms with Gasteiger partial charge >= 0.3 is 0 Å². The third-order valence-corrected chi connectivity index (χ3v) is 2.74. The molecule has 1 amide bonds. The van der Waals surface area contributed by atoms with Gasteiger partial charge in [-0.2, -0.15) is 0 Å². The largest absolute Gasteiger partial charge is 0.348 e. The van der Waals surface area contributed by atoms with E-state index < -0.39 is 0 Å². The second-order valence-corrected chi connectivity index (χ2v) is 4.28. The molecule has 0 atom stereocenters. The summed E-state index contributed by atoms with van der Waals surface area (Å²) in [7, 11) is 0. The summed E-state index contributed by atoms with van der Waals surface area (Å²) in [5.74, 6) is 0.139. The predicted molar refractivity (Wildman–Crippen MR) is 61.2 cm³/mol. The van der Waals surface area contributed by atoms with E-state index in [-0.39, 0.29) is 24.2 Å². The van der Waals surface area contributed by atoms with Gasteiger partial charge < -0.3 is 5.32 Å². The van der Waals surface area contributed by atoms with Crippen molar-refractivity contribution in [2.24, 2.45) is 5.92 Å². The third-order valence-electron chi connectivity index (χ3n) is 2.74. The summed E-state index contributed by atoms with van der Waals surface area (Å²) >= 11 is 0. The molecule has 0 saturated heterocycles. The minimum absolute atomic E-state index is 0.0143. The second kappa shape index (κ2) is 4.47. The molecule has 1 fully saturated rings. The van der Waals surface area contributed by atoms with E-state index in [4.69, 9.17) is 0 Å². The van der Waals surface area contributed by atoms with Gasteiger partial charge in [-0.1, -0.05) is 29.8 Å². The Labute approximate surface area is 94.9 Å². The molecule has 0 bridgehead atoms. The molecule has 1 aromatic rings. The molecule has 1 aliphatic rings. The van der Waals surface area contributed by atoms with Crippen molar-refractivity contribution in [2.45, 2.75) is 19.8 Å². The maximum atomic E-state index is 11.7. The Hall–Kier alpha value is -1.64. The van der Waals surface area contributed by atoms with Crippen molar-refractivity contribution in [3.05, 3.63) is 35.4 Å². The Bertz CT molecular complexity index is 404. The van der Waals surface area contributed by atoms with Crippen molar-refractivity contribution >= 4 is 11.7 Å². The number of hydrogen-bond donors (Lipinski definition) is 1. The number of amides is 1. The van der Waals surface area contributed by atoms with Crippen LogP contribution in [0, 0.1) is 12.8 Å². The van der Waals surface area contributed by atoms with E-state index >= 15 is 0 Å². The molecule has 1 aromatic carbocycles. The van der Waals surface area contributed by atoms with Crippen LogP contribution in [0.3, 0.4) is 0 Å². The van der Waals surface area contributed by atoms with E-state index in [0.29, 0.717) is 5.56 Å². The lowest BCUT2D eigenvalue weighted by Crippen LogP contribution is -2.30. The van der Waals surface area contributed by atoms with Crippen molar-refractivity contribution < 1.29 is 9.59 Å². The van der Waals surface area contributed by atoms with Gasteiger partial charge in [-0.3, -0.25) is 9.59 Å². The minimum atomic E-state index is -0.0333. The van der Waals surface area contributed by atoms with E-state index in [1.807, 2.05) is 19.1 Å². The fraction of sp³-hybridized carbons (Fsp3) is 0.385. The van der Waals surface area contributed by atoms with Crippen LogP contribution >= 0.6 is 0 Å². The smallest absolute Gasteiger partial charge is 0.223 e. The molecular weight excluding hydrogens is 202 g/mol. The first kappa shape index (κ1) is 10.9. The van der Waals surface area contributed by atoms with Gasteiger partial charge in [0.05, 0.1) is 6.54 Å². The monoisotopic (exact) mass is 217 g/mol. The fourth-order valence-corrected chi connectivity index (χ4v) is 1.50. The maximum absolute atomic E-state index is 11.7. The highest BCUT2D eigenvalue weighted by atomic mass is 16.2. The van der Waals surface area contributed by atoms with E-state index in [2.05, 4.69) is 5.32 Å². The highest BCUT2D eigenvalue weighted by Crippen LogP contribution is 2.28. The average molecular weight is 217 g/mol. The molecule has 16 heavy (non-hydrogen) atoms. The van der Waals surface area contributed by atoms with Gasteiger partial charge in [0, 0.05) is 11.5 Å². The van der Waals surface area contributed by atoms with Crippen LogP contribution < -0.4 is 5.32 Å². The number of hydrogen-bond acceptors (Lipinski definition) is 2. The lowest BCUT2D eigenvalue weighted by molar-refractivity contribution is -0.122. The van der Waals surface area contributed by atoms with Crippen molar-refractivity contribution in [1.29, 1.82) is 0 Å². The Morgan fingerprint density at radius 3 is 2.44 bits per heavy atom. The highest BCUT2D eigenvalue weighted by Gasteiger charge is 2.29. The van der Waals surface area contributed by atoms with Crippen molar-refractivity contribution in [2.75, 3.05) is 6.54 Å². The Kier molecular flexibility index (Phi) is 3.04. The second-order valence-electron chi connectivity index (χ2n) is 4.28. The Balaban J connectivity index is 1.87. The minimum Gasteiger partial charge on any atom is -0.348 e. The maximum Gasteiger partial charge on any atom is 0.223 e. The zero-order valence-corrected chi connectivity index (χ0v) is 9.32. The normalized spacial score (nSPS) is 14.6. The van der Waals surface area contributed by atoms with Crippen molar-refractivity contribution in [3.63, 3.8) is 0 Å². The fourth-order valence-electron chi connectivity index (χ4n) is 1.50. The van der Waals surface area contributed by atoms with Crippen LogP contribution in [0.5, 0.6) is 0 Å². The van der Waals surface area contributed by atoms with Gasteiger partial charge in [-0.15, -0.1) is 0 Å². The first-order valence-electron chi connectivity index (χ1n) is 5.54. The topological polar surface area (TPSA) is 46.2 Å². The lowest BCUT2D eigenvalue weighted by atomic mass is 10.1. The number of rotatable bonds is 4. The molecular formula is C13H15NO2. The van der Waals surface area contributed by atoms with Crippen LogP contribution in [0.25, 0.3) is 0 Å². The molecule has 2 rings (SSSR count). The van der Waals surface area contributed by atoms with Gasteiger partial charge in [-0.05, 0) is 19.8 Å².